The summed E-state index contributed by atoms with van der Waals surface area (Å²) in [5.41, 5.74) is 2.23. The van der Waals surface area contributed by atoms with Gasteiger partial charge in [0.15, 0.2) is 5.78 Å². The zero-order valence-electron chi connectivity index (χ0n) is 15.6. The van der Waals surface area contributed by atoms with Crippen molar-refractivity contribution in [2.75, 3.05) is 0 Å². The highest BCUT2D eigenvalue weighted by atomic mass is 16.6. The SMILES string of the molecule is O=C1C=C(c2ccccc2)C[C@H](c2cccc([N+](=O)[O-])c2)[C@H]1n1cnc([N+](=O)[O-])c1. The van der Waals surface area contributed by atoms with Crippen LogP contribution in [0.3, 0.4) is 0 Å². The lowest BCUT2D eigenvalue weighted by Crippen LogP contribution is -2.28. The van der Waals surface area contributed by atoms with Crippen molar-refractivity contribution < 1.29 is 14.6 Å². The minimum Gasteiger partial charge on any atom is -0.358 e. The number of carbonyl (C=O) groups excluding carboxylic acids is 1. The molecule has 0 radical (unpaired) electrons. The number of nitro groups is 2. The third-order valence-electron chi connectivity index (χ3n) is 5.18. The molecule has 0 N–H and O–H groups in total. The molecule has 1 aliphatic rings. The van der Waals surface area contributed by atoms with Crippen LogP contribution >= 0.6 is 0 Å². The van der Waals surface area contributed by atoms with Crippen LogP contribution in [0.1, 0.15) is 29.5 Å². The molecule has 9 heteroatoms. The lowest BCUT2D eigenvalue weighted by molar-refractivity contribution is -0.389. The molecule has 1 aromatic heterocycles. The second-order valence-corrected chi connectivity index (χ2v) is 6.98. The Morgan fingerprint density at radius 2 is 1.77 bits per heavy atom. The molecule has 0 unspecified atom stereocenters. The Morgan fingerprint density at radius 1 is 1.00 bits per heavy atom. The fraction of sp³-hybridized carbons (Fsp3) is 0.143. The molecule has 1 heterocycles. The summed E-state index contributed by atoms with van der Waals surface area (Å²) in [6.07, 6.45) is 4.45. The second kappa shape index (κ2) is 7.70. The Kier molecular flexibility index (Phi) is 4.93. The number of hydrogen-bond donors (Lipinski definition) is 0. The fourth-order valence-corrected chi connectivity index (χ4v) is 3.81. The molecule has 4 rings (SSSR count). The summed E-state index contributed by atoms with van der Waals surface area (Å²) >= 11 is 0. The first-order chi connectivity index (χ1) is 14.4. The molecule has 0 saturated carbocycles. The third kappa shape index (κ3) is 3.60. The van der Waals surface area contributed by atoms with Gasteiger partial charge in [0.05, 0.1) is 4.92 Å². The standard InChI is InChI=1S/C21H16N4O5/c26-19-11-16(14-5-2-1-3-6-14)10-18(15-7-4-8-17(9-15)24(27)28)21(19)23-12-20(22-13-23)25(29)30/h1-9,11-13,18,21H,10H2/t18-,21-/m1/s1. The molecular formula is C21H16N4O5. The van der Waals surface area contributed by atoms with Crippen molar-refractivity contribution >= 4 is 22.9 Å². The highest BCUT2D eigenvalue weighted by Gasteiger charge is 2.36. The number of hydrogen-bond acceptors (Lipinski definition) is 6. The maximum Gasteiger partial charge on any atom is 0.381 e. The van der Waals surface area contributed by atoms with E-state index in [2.05, 4.69) is 4.98 Å². The van der Waals surface area contributed by atoms with Crippen LogP contribution in [0.15, 0.2) is 73.2 Å². The smallest absolute Gasteiger partial charge is 0.358 e. The number of nitro benzene ring substituents is 1. The highest BCUT2D eigenvalue weighted by Crippen LogP contribution is 2.43. The molecule has 0 amide bonds. The van der Waals surface area contributed by atoms with E-state index in [4.69, 9.17) is 0 Å². The number of carbonyl (C=O) groups is 1. The topological polar surface area (TPSA) is 121 Å². The van der Waals surface area contributed by atoms with E-state index in [9.17, 15) is 25.0 Å². The largest absolute Gasteiger partial charge is 0.381 e. The number of benzene rings is 2. The first-order valence-corrected chi connectivity index (χ1v) is 9.16. The molecule has 0 saturated heterocycles. The average molecular weight is 404 g/mol. The lowest BCUT2D eigenvalue weighted by Gasteiger charge is -2.31. The molecule has 1 aliphatic carbocycles. The van der Waals surface area contributed by atoms with Crippen molar-refractivity contribution in [1.82, 2.24) is 9.55 Å². The van der Waals surface area contributed by atoms with Crippen LogP contribution in [0.2, 0.25) is 0 Å². The van der Waals surface area contributed by atoms with Gasteiger partial charge in [0, 0.05) is 18.1 Å². The van der Waals surface area contributed by atoms with E-state index in [1.54, 1.807) is 18.2 Å². The van der Waals surface area contributed by atoms with Gasteiger partial charge in [-0.3, -0.25) is 19.5 Å². The summed E-state index contributed by atoms with van der Waals surface area (Å²) in [6.45, 7) is 0. The first kappa shape index (κ1) is 19.2. The van der Waals surface area contributed by atoms with Crippen LogP contribution in [-0.2, 0) is 4.79 Å². The molecule has 2 atom stereocenters. The maximum atomic E-state index is 13.1. The summed E-state index contributed by atoms with van der Waals surface area (Å²) in [4.78, 5) is 38.1. The van der Waals surface area contributed by atoms with Crippen LogP contribution in [0, 0.1) is 20.2 Å². The Morgan fingerprint density at radius 3 is 2.43 bits per heavy atom. The molecule has 0 bridgehead atoms. The number of imidazole rings is 1. The van der Waals surface area contributed by atoms with Crippen LogP contribution in [0.25, 0.3) is 5.57 Å². The minimum atomic E-state index is -0.791. The van der Waals surface area contributed by atoms with Crippen molar-refractivity contribution in [3.05, 3.63) is 105 Å². The van der Waals surface area contributed by atoms with Gasteiger partial charge < -0.3 is 10.1 Å². The van der Waals surface area contributed by atoms with E-state index in [-0.39, 0.29) is 17.3 Å². The summed E-state index contributed by atoms with van der Waals surface area (Å²) < 4.78 is 1.42. The van der Waals surface area contributed by atoms with E-state index >= 15 is 0 Å². The van der Waals surface area contributed by atoms with E-state index in [0.29, 0.717) is 12.0 Å². The minimum absolute atomic E-state index is 0.0777. The van der Waals surface area contributed by atoms with Crippen LogP contribution in [-0.4, -0.2) is 25.2 Å². The zero-order valence-corrected chi connectivity index (χ0v) is 15.6. The molecule has 30 heavy (non-hydrogen) atoms. The number of non-ortho nitro benzene ring substituents is 1. The molecule has 0 aliphatic heterocycles. The van der Waals surface area contributed by atoms with Crippen molar-refractivity contribution in [3.8, 4) is 0 Å². The van der Waals surface area contributed by atoms with E-state index < -0.39 is 21.8 Å². The van der Waals surface area contributed by atoms with Gasteiger partial charge in [-0.15, -0.1) is 0 Å². The van der Waals surface area contributed by atoms with Gasteiger partial charge in [-0.1, -0.05) is 42.5 Å². The summed E-state index contributed by atoms with van der Waals surface area (Å²) in [5, 5.41) is 22.3. The van der Waals surface area contributed by atoms with Crippen LogP contribution < -0.4 is 0 Å². The molecule has 0 spiro atoms. The highest BCUT2D eigenvalue weighted by molar-refractivity contribution is 6.02. The summed E-state index contributed by atoms with van der Waals surface area (Å²) in [6, 6.07) is 14.8. The monoisotopic (exact) mass is 404 g/mol. The molecule has 2 aromatic carbocycles. The van der Waals surface area contributed by atoms with Gasteiger partial charge in [-0.2, -0.15) is 0 Å². The van der Waals surface area contributed by atoms with E-state index in [1.807, 2.05) is 30.3 Å². The molecule has 9 nitrogen and oxygen atoms in total. The van der Waals surface area contributed by atoms with Gasteiger partial charge >= 0.3 is 5.82 Å². The first-order valence-electron chi connectivity index (χ1n) is 9.16. The second-order valence-electron chi connectivity index (χ2n) is 6.98. The van der Waals surface area contributed by atoms with Gasteiger partial charge in [0.2, 0.25) is 6.33 Å². The van der Waals surface area contributed by atoms with Gasteiger partial charge in [-0.25, -0.2) is 0 Å². The zero-order chi connectivity index (χ0) is 21.3. The van der Waals surface area contributed by atoms with E-state index in [0.717, 1.165) is 11.1 Å². The fourth-order valence-electron chi connectivity index (χ4n) is 3.81. The lowest BCUT2D eigenvalue weighted by atomic mass is 9.77. The third-order valence-corrected chi connectivity index (χ3v) is 5.18. The quantitative estimate of drug-likeness (QED) is 0.466. The Labute approximate surface area is 170 Å². The molecular weight excluding hydrogens is 388 g/mol. The average Bonchev–Trinajstić information content (AvgIpc) is 3.24. The number of allylic oxidation sites excluding steroid dienone is 2. The normalized spacial score (nSPS) is 18.7. The Hall–Kier alpha value is -4.14. The number of rotatable bonds is 5. The predicted molar refractivity (Wildman–Crippen MR) is 108 cm³/mol. The summed E-state index contributed by atoms with van der Waals surface area (Å²) in [5.74, 6) is -1.06. The van der Waals surface area contributed by atoms with Crippen molar-refractivity contribution in [2.24, 2.45) is 0 Å². The number of aromatic nitrogens is 2. The van der Waals surface area contributed by atoms with Crippen LogP contribution in [0.4, 0.5) is 11.5 Å². The van der Waals surface area contributed by atoms with Gasteiger partial charge in [-0.05, 0) is 39.1 Å². The Bertz CT molecular complexity index is 1170. The number of nitrogens with zero attached hydrogens (tertiary/aromatic N) is 4. The predicted octanol–water partition coefficient (Wildman–Crippen LogP) is 4.08. The van der Waals surface area contributed by atoms with Crippen molar-refractivity contribution in [3.63, 3.8) is 0 Å². The van der Waals surface area contributed by atoms with Crippen molar-refractivity contribution in [1.29, 1.82) is 0 Å². The van der Waals surface area contributed by atoms with E-state index in [1.165, 1.54) is 29.2 Å². The Balaban J connectivity index is 1.82. The van der Waals surface area contributed by atoms with Crippen LogP contribution in [0.5, 0.6) is 0 Å². The van der Waals surface area contributed by atoms with Gasteiger partial charge in [0.1, 0.15) is 12.2 Å². The molecule has 3 aromatic rings. The molecule has 150 valence electrons. The summed E-state index contributed by atoms with van der Waals surface area (Å²) in [7, 11) is 0. The molecule has 0 fully saturated rings. The maximum absolute atomic E-state index is 13.1. The van der Waals surface area contributed by atoms with Gasteiger partial charge in [0.25, 0.3) is 5.69 Å². The van der Waals surface area contributed by atoms with Crippen molar-refractivity contribution in [2.45, 2.75) is 18.4 Å². The number of ketones is 1.